The van der Waals surface area contributed by atoms with Crippen LogP contribution in [0.4, 0.5) is 0 Å². The average molecular weight is 290 g/mol. The Bertz CT molecular complexity index is 355. The van der Waals surface area contributed by atoms with Crippen LogP contribution in [-0.4, -0.2) is 31.1 Å². The van der Waals surface area contributed by atoms with Gasteiger partial charge in [0.25, 0.3) is 0 Å². The number of ether oxygens (including phenoxy) is 1. The highest BCUT2D eigenvalue weighted by Crippen LogP contribution is 2.33. The molecule has 0 amide bonds. The number of rotatable bonds is 7. The molecule has 0 saturated heterocycles. The molecule has 0 unspecified atom stereocenters. The lowest BCUT2D eigenvalue weighted by Crippen LogP contribution is -2.25. The highest BCUT2D eigenvalue weighted by atomic mass is 35.5. The molecule has 0 atom stereocenters. The summed E-state index contributed by atoms with van der Waals surface area (Å²) in [5.74, 6) is 0.600. The molecular weight excluding hydrogens is 269 g/mol. The Morgan fingerprint density at radius 3 is 2.17 bits per heavy atom. The first-order chi connectivity index (χ1) is 8.58. The molecule has 0 aliphatic carbocycles. The van der Waals surface area contributed by atoms with Crippen molar-refractivity contribution in [2.24, 2.45) is 0 Å². The van der Waals surface area contributed by atoms with Gasteiger partial charge in [-0.3, -0.25) is 0 Å². The molecule has 0 fully saturated rings. The van der Waals surface area contributed by atoms with Gasteiger partial charge in [0.05, 0.1) is 16.7 Å². The van der Waals surface area contributed by atoms with Crippen LogP contribution in [0, 0.1) is 6.92 Å². The fourth-order valence-corrected chi connectivity index (χ4v) is 2.53. The van der Waals surface area contributed by atoms with Crippen LogP contribution in [0.15, 0.2) is 12.1 Å². The quantitative estimate of drug-likeness (QED) is 0.690. The lowest BCUT2D eigenvalue weighted by atomic mass is 10.2. The Kier molecular flexibility index (Phi) is 6.83. The lowest BCUT2D eigenvalue weighted by Gasteiger charge is -2.18. The monoisotopic (exact) mass is 289 g/mol. The Balaban J connectivity index is 2.44. The number of nitrogens with zero attached hydrogens (tertiary/aromatic N) is 1. The first-order valence-corrected chi connectivity index (χ1v) is 7.14. The summed E-state index contributed by atoms with van der Waals surface area (Å²) in [4.78, 5) is 2.36. The third kappa shape index (κ3) is 4.68. The van der Waals surface area contributed by atoms with Gasteiger partial charge in [-0.2, -0.15) is 0 Å². The molecule has 0 aliphatic rings. The largest absolute Gasteiger partial charge is 0.490 e. The van der Waals surface area contributed by atoms with E-state index in [9.17, 15) is 0 Å². The van der Waals surface area contributed by atoms with Crippen LogP contribution in [0.25, 0.3) is 0 Å². The molecule has 0 heterocycles. The molecule has 1 rings (SSSR count). The van der Waals surface area contributed by atoms with Crippen molar-refractivity contribution in [2.75, 3.05) is 26.2 Å². The van der Waals surface area contributed by atoms with E-state index in [1.54, 1.807) is 0 Å². The summed E-state index contributed by atoms with van der Waals surface area (Å²) in [7, 11) is 0. The second-order valence-electron chi connectivity index (χ2n) is 4.29. The Morgan fingerprint density at radius 2 is 1.67 bits per heavy atom. The first-order valence-electron chi connectivity index (χ1n) is 6.39. The number of halogens is 2. The predicted octanol–water partition coefficient (Wildman–Crippen LogP) is 4.41. The van der Waals surface area contributed by atoms with Gasteiger partial charge in [-0.15, -0.1) is 0 Å². The van der Waals surface area contributed by atoms with Crippen molar-refractivity contribution in [3.63, 3.8) is 0 Å². The zero-order chi connectivity index (χ0) is 13.5. The van der Waals surface area contributed by atoms with E-state index in [2.05, 4.69) is 18.7 Å². The summed E-state index contributed by atoms with van der Waals surface area (Å²) < 4.78 is 5.67. The van der Waals surface area contributed by atoms with E-state index in [-0.39, 0.29) is 0 Å². The minimum atomic E-state index is 0.586. The van der Waals surface area contributed by atoms with Crippen LogP contribution in [0.5, 0.6) is 5.75 Å². The molecule has 4 heteroatoms. The smallest absolute Gasteiger partial charge is 0.156 e. The van der Waals surface area contributed by atoms with Crippen LogP contribution in [0.3, 0.4) is 0 Å². The van der Waals surface area contributed by atoms with Gasteiger partial charge < -0.3 is 9.64 Å². The van der Waals surface area contributed by atoms with Crippen LogP contribution in [0.2, 0.25) is 10.0 Å². The Hall–Kier alpha value is -0.440. The third-order valence-electron chi connectivity index (χ3n) is 2.90. The number of hydrogen-bond donors (Lipinski definition) is 0. The first kappa shape index (κ1) is 15.6. The maximum absolute atomic E-state index is 6.11. The van der Waals surface area contributed by atoms with Gasteiger partial charge in [0.15, 0.2) is 5.75 Å². The fourth-order valence-electron chi connectivity index (χ4n) is 1.83. The van der Waals surface area contributed by atoms with Gasteiger partial charge >= 0.3 is 0 Å². The molecule has 0 radical (unpaired) electrons. The second kappa shape index (κ2) is 7.88. The van der Waals surface area contributed by atoms with Gasteiger partial charge in [-0.25, -0.2) is 0 Å². The van der Waals surface area contributed by atoms with Crippen molar-refractivity contribution in [3.05, 3.63) is 27.7 Å². The van der Waals surface area contributed by atoms with E-state index in [4.69, 9.17) is 27.9 Å². The minimum Gasteiger partial charge on any atom is -0.490 e. The zero-order valence-electron chi connectivity index (χ0n) is 11.3. The lowest BCUT2D eigenvalue weighted by molar-refractivity contribution is 0.249. The predicted molar refractivity (Wildman–Crippen MR) is 79.1 cm³/mol. The summed E-state index contributed by atoms with van der Waals surface area (Å²) in [5, 5.41) is 1.17. The summed E-state index contributed by atoms with van der Waals surface area (Å²) >= 11 is 12.2. The van der Waals surface area contributed by atoms with Gasteiger partial charge in [0.1, 0.15) is 0 Å². The van der Waals surface area contributed by atoms with E-state index in [1.807, 2.05) is 19.1 Å². The SMILES string of the molecule is CCN(CC)CCCOc1c(Cl)cc(C)cc1Cl. The topological polar surface area (TPSA) is 12.5 Å². The van der Waals surface area contributed by atoms with E-state index in [0.717, 1.165) is 31.6 Å². The van der Waals surface area contributed by atoms with E-state index < -0.39 is 0 Å². The van der Waals surface area contributed by atoms with E-state index >= 15 is 0 Å². The standard InChI is InChI=1S/C14H21Cl2NO/c1-4-17(5-2)7-6-8-18-14-12(15)9-11(3)10-13(14)16/h9-10H,4-8H2,1-3H3. The van der Waals surface area contributed by atoms with Gasteiger partial charge in [0.2, 0.25) is 0 Å². The number of hydrogen-bond acceptors (Lipinski definition) is 2. The maximum atomic E-state index is 6.11. The highest BCUT2D eigenvalue weighted by molar-refractivity contribution is 6.37. The molecule has 1 aromatic carbocycles. The van der Waals surface area contributed by atoms with Crippen LogP contribution >= 0.6 is 23.2 Å². The highest BCUT2D eigenvalue weighted by Gasteiger charge is 2.08. The number of aryl methyl sites for hydroxylation is 1. The Morgan fingerprint density at radius 1 is 1.11 bits per heavy atom. The molecule has 0 spiro atoms. The normalized spacial score (nSPS) is 11.0. The van der Waals surface area contributed by atoms with Crippen molar-refractivity contribution in [1.82, 2.24) is 4.90 Å². The van der Waals surface area contributed by atoms with Gasteiger partial charge in [-0.05, 0) is 44.1 Å². The zero-order valence-corrected chi connectivity index (χ0v) is 12.8. The van der Waals surface area contributed by atoms with Crippen molar-refractivity contribution in [3.8, 4) is 5.75 Å². The Labute approximate surface area is 120 Å². The molecule has 0 aliphatic heterocycles. The molecule has 0 bridgehead atoms. The summed E-state index contributed by atoms with van der Waals surface area (Å²) in [5.41, 5.74) is 1.04. The van der Waals surface area contributed by atoms with Crippen LogP contribution in [0.1, 0.15) is 25.8 Å². The molecule has 1 aromatic rings. The molecule has 0 saturated carbocycles. The van der Waals surface area contributed by atoms with E-state index in [1.165, 1.54) is 0 Å². The minimum absolute atomic E-state index is 0.586. The summed E-state index contributed by atoms with van der Waals surface area (Å²) in [6.45, 7) is 10.1. The van der Waals surface area contributed by atoms with Gasteiger partial charge in [0, 0.05) is 6.54 Å². The van der Waals surface area contributed by atoms with Crippen molar-refractivity contribution in [2.45, 2.75) is 27.2 Å². The fraction of sp³-hybridized carbons (Fsp3) is 0.571. The maximum Gasteiger partial charge on any atom is 0.156 e. The molecule has 0 N–H and O–H groups in total. The molecule has 2 nitrogen and oxygen atoms in total. The number of benzene rings is 1. The summed E-state index contributed by atoms with van der Waals surface area (Å²) in [6.07, 6.45) is 0.974. The molecular formula is C14H21Cl2NO. The summed E-state index contributed by atoms with van der Waals surface area (Å²) in [6, 6.07) is 3.74. The van der Waals surface area contributed by atoms with Crippen LogP contribution in [-0.2, 0) is 0 Å². The van der Waals surface area contributed by atoms with Crippen molar-refractivity contribution in [1.29, 1.82) is 0 Å². The average Bonchev–Trinajstić information content (AvgIpc) is 2.32. The molecule has 18 heavy (non-hydrogen) atoms. The molecule has 0 aromatic heterocycles. The molecule has 102 valence electrons. The van der Waals surface area contributed by atoms with E-state index in [0.29, 0.717) is 22.4 Å². The third-order valence-corrected chi connectivity index (χ3v) is 3.46. The van der Waals surface area contributed by atoms with Crippen molar-refractivity contribution >= 4 is 23.2 Å². The second-order valence-corrected chi connectivity index (χ2v) is 5.10. The van der Waals surface area contributed by atoms with Gasteiger partial charge in [-0.1, -0.05) is 37.0 Å². The van der Waals surface area contributed by atoms with Crippen LogP contribution < -0.4 is 4.74 Å². The van der Waals surface area contributed by atoms with Crippen molar-refractivity contribution < 1.29 is 4.74 Å².